The number of hydrogen-bond donors (Lipinski definition) is 2. The molecule has 0 radical (unpaired) electrons. The molecule has 0 aliphatic rings. The standard InChI is InChI=1S/C29H25N3O4/c1-19-7-11-22(12-8-19)28(34)30-18-27(33)32-31-17-25-24-6-4-3-5-21(24)15-16-26(25)36-29(35)23-13-9-20(2)10-14-23/h3-17H,18H2,1-2H3,(H,30,34)(H,32,33). The van der Waals surface area contributed by atoms with E-state index in [4.69, 9.17) is 4.74 Å². The van der Waals surface area contributed by atoms with Gasteiger partial charge in [0.15, 0.2) is 0 Å². The molecule has 7 nitrogen and oxygen atoms in total. The van der Waals surface area contributed by atoms with Gasteiger partial charge in [-0.2, -0.15) is 5.10 Å². The molecule has 0 bridgehead atoms. The van der Waals surface area contributed by atoms with E-state index in [-0.39, 0.29) is 12.5 Å². The Balaban J connectivity index is 1.46. The Morgan fingerprint density at radius 3 is 2.14 bits per heavy atom. The number of carbonyl (C=O) groups is 3. The third-order valence-electron chi connectivity index (χ3n) is 5.53. The summed E-state index contributed by atoms with van der Waals surface area (Å²) in [7, 11) is 0. The highest BCUT2D eigenvalue weighted by molar-refractivity contribution is 6.04. The van der Waals surface area contributed by atoms with Crippen LogP contribution in [-0.4, -0.2) is 30.5 Å². The van der Waals surface area contributed by atoms with Crippen molar-refractivity contribution >= 4 is 34.8 Å². The third kappa shape index (κ3) is 6.01. The number of aryl methyl sites for hydroxylation is 2. The number of esters is 1. The Hall–Kier alpha value is -4.78. The highest BCUT2D eigenvalue weighted by Gasteiger charge is 2.14. The zero-order valence-corrected chi connectivity index (χ0v) is 19.9. The van der Waals surface area contributed by atoms with Crippen molar-refractivity contribution in [2.45, 2.75) is 13.8 Å². The zero-order valence-electron chi connectivity index (χ0n) is 19.9. The van der Waals surface area contributed by atoms with E-state index in [1.165, 1.54) is 6.21 Å². The van der Waals surface area contributed by atoms with Gasteiger partial charge in [-0.1, -0.05) is 65.7 Å². The maximum absolute atomic E-state index is 12.7. The van der Waals surface area contributed by atoms with Crippen LogP contribution in [0.5, 0.6) is 5.75 Å². The van der Waals surface area contributed by atoms with Crippen molar-refractivity contribution in [3.05, 3.63) is 113 Å². The minimum atomic E-state index is -0.497. The molecular formula is C29H25N3O4. The van der Waals surface area contributed by atoms with Gasteiger partial charge in [-0.05, 0) is 55.0 Å². The van der Waals surface area contributed by atoms with E-state index in [0.717, 1.165) is 21.9 Å². The first kappa shape index (κ1) is 24.3. The lowest BCUT2D eigenvalue weighted by Crippen LogP contribution is -2.34. The normalized spacial score (nSPS) is 10.8. The van der Waals surface area contributed by atoms with Crippen molar-refractivity contribution in [2.24, 2.45) is 5.10 Å². The molecule has 7 heteroatoms. The van der Waals surface area contributed by atoms with Crippen LogP contribution < -0.4 is 15.5 Å². The summed E-state index contributed by atoms with van der Waals surface area (Å²) in [5.41, 5.74) is 5.91. The fourth-order valence-electron chi connectivity index (χ4n) is 3.52. The molecule has 0 aliphatic carbocycles. The molecule has 0 heterocycles. The van der Waals surface area contributed by atoms with Crippen molar-refractivity contribution < 1.29 is 19.1 Å². The molecule has 4 aromatic carbocycles. The highest BCUT2D eigenvalue weighted by Crippen LogP contribution is 2.27. The summed E-state index contributed by atoms with van der Waals surface area (Å²) in [6, 6.07) is 25.3. The predicted molar refractivity (Wildman–Crippen MR) is 139 cm³/mol. The van der Waals surface area contributed by atoms with Crippen LogP contribution in [-0.2, 0) is 4.79 Å². The fourth-order valence-corrected chi connectivity index (χ4v) is 3.52. The minimum absolute atomic E-state index is 0.241. The summed E-state index contributed by atoms with van der Waals surface area (Å²) in [5, 5.41) is 8.33. The Morgan fingerprint density at radius 1 is 0.806 bits per heavy atom. The van der Waals surface area contributed by atoms with Crippen LogP contribution in [0.2, 0.25) is 0 Å². The number of fused-ring (bicyclic) bond motifs is 1. The first-order chi connectivity index (χ1) is 17.4. The molecule has 4 rings (SSSR count). The summed E-state index contributed by atoms with van der Waals surface area (Å²) in [6.07, 6.45) is 1.43. The first-order valence-corrected chi connectivity index (χ1v) is 11.4. The molecule has 36 heavy (non-hydrogen) atoms. The van der Waals surface area contributed by atoms with Gasteiger partial charge < -0.3 is 10.1 Å². The number of nitrogens with zero attached hydrogens (tertiary/aromatic N) is 1. The Labute approximate surface area is 208 Å². The molecule has 180 valence electrons. The zero-order chi connectivity index (χ0) is 25.5. The number of amides is 2. The summed E-state index contributed by atoms with van der Waals surface area (Å²) in [5.74, 6) is -1.04. The van der Waals surface area contributed by atoms with Crippen LogP contribution in [0, 0.1) is 13.8 Å². The van der Waals surface area contributed by atoms with E-state index in [0.29, 0.717) is 22.4 Å². The van der Waals surface area contributed by atoms with Crippen molar-refractivity contribution in [1.82, 2.24) is 10.7 Å². The smallest absolute Gasteiger partial charge is 0.343 e. The van der Waals surface area contributed by atoms with Gasteiger partial charge in [0.1, 0.15) is 5.75 Å². The molecule has 0 unspecified atom stereocenters. The van der Waals surface area contributed by atoms with E-state index in [2.05, 4.69) is 15.8 Å². The Morgan fingerprint density at radius 2 is 1.44 bits per heavy atom. The molecule has 0 spiro atoms. The van der Waals surface area contributed by atoms with Gasteiger partial charge >= 0.3 is 5.97 Å². The highest BCUT2D eigenvalue weighted by atomic mass is 16.5. The number of benzene rings is 4. The monoisotopic (exact) mass is 479 g/mol. The third-order valence-corrected chi connectivity index (χ3v) is 5.53. The van der Waals surface area contributed by atoms with Crippen LogP contribution in [0.4, 0.5) is 0 Å². The van der Waals surface area contributed by atoms with Gasteiger partial charge in [-0.3, -0.25) is 9.59 Å². The quantitative estimate of drug-likeness (QED) is 0.176. The molecule has 2 amide bonds. The molecule has 0 aliphatic heterocycles. The summed E-state index contributed by atoms with van der Waals surface area (Å²) < 4.78 is 5.67. The summed E-state index contributed by atoms with van der Waals surface area (Å²) in [6.45, 7) is 3.63. The molecule has 2 N–H and O–H groups in total. The average Bonchev–Trinajstić information content (AvgIpc) is 2.89. The number of carbonyl (C=O) groups excluding carboxylic acids is 3. The predicted octanol–water partition coefficient (Wildman–Crippen LogP) is 4.56. The van der Waals surface area contributed by atoms with Gasteiger partial charge in [0.25, 0.3) is 11.8 Å². The van der Waals surface area contributed by atoms with E-state index < -0.39 is 11.9 Å². The van der Waals surface area contributed by atoms with Gasteiger partial charge in [0.2, 0.25) is 0 Å². The number of rotatable bonds is 7. The van der Waals surface area contributed by atoms with Crippen molar-refractivity contribution in [2.75, 3.05) is 6.54 Å². The van der Waals surface area contributed by atoms with E-state index >= 15 is 0 Å². The second-order valence-electron chi connectivity index (χ2n) is 8.30. The van der Waals surface area contributed by atoms with Gasteiger partial charge in [0.05, 0.1) is 18.3 Å². The van der Waals surface area contributed by atoms with Crippen LogP contribution in [0.25, 0.3) is 10.8 Å². The molecule has 0 aromatic heterocycles. The summed E-state index contributed by atoms with van der Waals surface area (Å²) in [4.78, 5) is 37.1. The molecular weight excluding hydrogens is 454 g/mol. The van der Waals surface area contributed by atoms with Gasteiger partial charge in [-0.25, -0.2) is 10.2 Å². The maximum atomic E-state index is 12.7. The van der Waals surface area contributed by atoms with Crippen LogP contribution in [0.3, 0.4) is 0 Å². The van der Waals surface area contributed by atoms with Crippen molar-refractivity contribution in [3.63, 3.8) is 0 Å². The summed E-state index contributed by atoms with van der Waals surface area (Å²) >= 11 is 0. The van der Waals surface area contributed by atoms with Crippen LogP contribution in [0.1, 0.15) is 37.4 Å². The lowest BCUT2D eigenvalue weighted by atomic mass is 10.0. The molecule has 4 aromatic rings. The number of nitrogens with one attached hydrogen (secondary N) is 2. The van der Waals surface area contributed by atoms with Crippen molar-refractivity contribution in [3.8, 4) is 5.75 Å². The topological polar surface area (TPSA) is 96.9 Å². The first-order valence-electron chi connectivity index (χ1n) is 11.4. The maximum Gasteiger partial charge on any atom is 0.343 e. The Kier molecular flexibility index (Phi) is 7.51. The van der Waals surface area contributed by atoms with Gasteiger partial charge in [0, 0.05) is 11.1 Å². The van der Waals surface area contributed by atoms with Crippen LogP contribution in [0.15, 0.2) is 90.0 Å². The number of hydrazone groups is 1. The Bertz CT molecular complexity index is 1440. The molecule has 0 saturated carbocycles. The SMILES string of the molecule is Cc1ccc(C(=O)NCC(=O)NN=Cc2c(OC(=O)c3ccc(C)cc3)ccc3ccccc23)cc1. The second kappa shape index (κ2) is 11.1. The van der Waals surface area contributed by atoms with Gasteiger partial charge in [-0.15, -0.1) is 0 Å². The van der Waals surface area contributed by atoms with E-state index in [1.807, 2.05) is 68.4 Å². The minimum Gasteiger partial charge on any atom is -0.422 e. The van der Waals surface area contributed by atoms with E-state index in [1.54, 1.807) is 30.3 Å². The molecule has 0 saturated heterocycles. The average molecular weight is 480 g/mol. The van der Waals surface area contributed by atoms with E-state index in [9.17, 15) is 14.4 Å². The number of ether oxygens (including phenoxy) is 1. The fraction of sp³-hybridized carbons (Fsp3) is 0.103. The largest absolute Gasteiger partial charge is 0.422 e. The molecule has 0 atom stereocenters. The lowest BCUT2D eigenvalue weighted by molar-refractivity contribution is -0.120. The second-order valence-corrected chi connectivity index (χ2v) is 8.30. The van der Waals surface area contributed by atoms with Crippen molar-refractivity contribution in [1.29, 1.82) is 0 Å². The number of hydrogen-bond acceptors (Lipinski definition) is 5. The lowest BCUT2D eigenvalue weighted by Gasteiger charge is -2.11. The van der Waals surface area contributed by atoms with Crippen LogP contribution >= 0.6 is 0 Å². The molecule has 0 fully saturated rings.